The molecule has 0 radical (unpaired) electrons. The maximum atomic E-state index is 13.4. The summed E-state index contributed by atoms with van der Waals surface area (Å²) in [6.07, 6.45) is 0.802. The van der Waals surface area contributed by atoms with Crippen molar-refractivity contribution < 1.29 is 18.4 Å². The monoisotopic (exact) mass is 357 g/mol. The van der Waals surface area contributed by atoms with Crippen LogP contribution in [0.4, 0.5) is 25.0 Å². The Hall–Kier alpha value is -2.96. The van der Waals surface area contributed by atoms with Gasteiger partial charge in [-0.2, -0.15) is 0 Å². The Morgan fingerprint density at radius 1 is 1.00 bits per heavy atom. The number of benzene rings is 2. The average Bonchev–Trinajstić information content (AvgIpc) is 3.22. The summed E-state index contributed by atoms with van der Waals surface area (Å²) in [5.74, 6) is -2.10. The van der Waals surface area contributed by atoms with E-state index in [1.807, 2.05) is 24.3 Å². The van der Waals surface area contributed by atoms with Crippen molar-refractivity contribution in [2.75, 3.05) is 36.0 Å². The van der Waals surface area contributed by atoms with Crippen LogP contribution >= 0.6 is 0 Å². The van der Waals surface area contributed by atoms with Crippen LogP contribution in [-0.4, -0.2) is 43.0 Å². The number of nitrogens with zero attached hydrogens (tertiary/aromatic N) is 3. The van der Waals surface area contributed by atoms with Crippen LogP contribution in [0.5, 0.6) is 0 Å². The van der Waals surface area contributed by atoms with Gasteiger partial charge in [0.25, 0.3) is 0 Å². The topological polar surface area (TPSA) is 43.9 Å². The number of anilines is 2. The molecular weight excluding hydrogens is 340 g/mol. The standard InChI is InChI=1S/C19H17F2N3O2/c20-15-6-5-14(11-16(15)21)23-10-9-22(19(23)26)12-18(25)24-8-7-13-3-1-2-4-17(13)24/h1-6,11H,7-10,12H2. The Labute approximate surface area is 149 Å². The second-order valence-corrected chi connectivity index (χ2v) is 6.38. The number of hydrogen-bond donors (Lipinski definition) is 0. The number of para-hydroxylation sites is 1. The molecule has 2 heterocycles. The van der Waals surface area contributed by atoms with Gasteiger partial charge in [-0.05, 0) is 30.2 Å². The van der Waals surface area contributed by atoms with Crippen molar-refractivity contribution in [2.24, 2.45) is 0 Å². The van der Waals surface area contributed by atoms with E-state index < -0.39 is 11.6 Å². The highest BCUT2D eigenvalue weighted by molar-refractivity contribution is 6.01. The van der Waals surface area contributed by atoms with Crippen LogP contribution in [0, 0.1) is 11.6 Å². The molecule has 0 atom stereocenters. The fourth-order valence-corrected chi connectivity index (χ4v) is 3.47. The molecule has 3 amide bonds. The predicted molar refractivity (Wildman–Crippen MR) is 93.2 cm³/mol. The molecular formula is C19H17F2N3O2. The van der Waals surface area contributed by atoms with Gasteiger partial charge in [-0.25, -0.2) is 13.6 Å². The molecule has 26 heavy (non-hydrogen) atoms. The van der Waals surface area contributed by atoms with Crippen LogP contribution in [0.1, 0.15) is 5.56 Å². The van der Waals surface area contributed by atoms with Crippen molar-refractivity contribution in [2.45, 2.75) is 6.42 Å². The van der Waals surface area contributed by atoms with E-state index in [9.17, 15) is 18.4 Å². The molecule has 0 N–H and O–H groups in total. The van der Waals surface area contributed by atoms with E-state index >= 15 is 0 Å². The Morgan fingerprint density at radius 2 is 1.81 bits per heavy atom. The zero-order valence-corrected chi connectivity index (χ0v) is 14.0. The number of urea groups is 1. The summed E-state index contributed by atoms with van der Waals surface area (Å²) in [6, 6.07) is 10.7. The number of amides is 3. The first-order valence-corrected chi connectivity index (χ1v) is 8.44. The summed E-state index contributed by atoms with van der Waals surface area (Å²) in [4.78, 5) is 29.7. The SMILES string of the molecule is O=C1N(CC(=O)N2CCc3ccccc32)CCN1c1ccc(F)c(F)c1. The van der Waals surface area contributed by atoms with Crippen LogP contribution in [0.15, 0.2) is 42.5 Å². The van der Waals surface area contributed by atoms with Crippen molar-refractivity contribution in [3.63, 3.8) is 0 Å². The third kappa shape index (κ3) is 2.79. The quantitative estimate of drug-likeness (QED) is 0.848. The maximum absolute atomic E-state index is 13.4. The van der Waals surface area contributed by atoms with Gasteiger partial charge in [0.1, 0.15) is 6.54 Å². The van der Waals surface area contributed by atoms with E-state index in [1.165, 1.54) is 15.9 Å². The molecule has 2 aliphatic heterocycles. The van der Waals surface area contributed by atoms with Gasteiger partial charge < -0.3 is 9.80 Å². The molecule has 0 aromatic heterocycles. The summed E-state index contributed by atoms with van der Waals surface area (Å²) >= 11 is 0. The van der Waals surface area contributed by atoms with Crippen LogP contribution < -0.4 is 9.80 Å². The minimum atomic E-state index is -1.00. The Bertz CT molecular complexity index is 887. The molecule has 0 spiro atoms. The first kappa shape index (κ1) is 16.5. The van der Waals surface area contributed by atoms with Gasteiger partial charge in [-0.1, -0.05) is 18.2 Å². The number of halogens is 2. The highest BCUT2D eigenvalue weighted by Crippen LogP contribution is 2.28. The molecule has 0 bridgehead atoms. The summed E-state index contributed by atoms with van der Waals surface area (Å²) in [6.45, 7) is 1.26. The maximum Gasteiger partial charge on any atom is 0.325 e. The van der Waals surface area contributed by atoms with Gasteiger partial charge >= 0.3 is 6.03 Å². The molecule has 5 nitrogen and oxygen atoms in total. The van der Waals surface area contributed by atoms with E-state index in [1.54, 1.807) is 4.90 Å². The van der Waals surface area contributed by atoms with Crippen LogP contribution in [0.25, 0.3) is 0 Å². The predicted octanol–water partition coefficient (Wildman–Crippen LogP) is 2.80. The molecule has 4 rings (SSSR count). The average molecular weight is 357 g/mol. The lowest BCUT2D eigenvalue weighted by atomic mass is 10.2. The van der Waals surface area contributed by atoms with E-state index in [4.69, 9.17) is 0 Å². The number of hydrogen-bond acceptors (Lipinski definition) is 2. The molecule has 1 fully saturated rings. The highest BCUT2D eigenvalue weighted by atomic mass is 19.2. The van der Waals surface area contributed by atoms with Gasteiger partial charge in [0, 0.05) is 37.1 Å². The molecule has 2 aliphatic rings. The van der Waals surface area contributed by atoms with Gasteiger partial charge in [0.2, 0.25) is 5.91 Å². The Morgan fingerprint density at radius 3 is 2.62 bits per heavy atom. The van der Waals surface area contributed by atoms with Crippen molar-refractivity contribution in [1.29, 1.82) is 0 Å². The summed E-state index contributed by atoms with van der Waals surface area (Å²) in [5, 5.41) is 0. The van der Waals surface area contributed by atoms with E-state index in [0.29, 0.717) is 19.6 Å². The molecule has 0 unspecified atom stereocenters. The smallest absolute Gasteiger partial charge is 0.313 e. The summed E-state index contributed by atoms with van der Waals surface area (Å²) in [5.41, 5.74) is 2.30. The lowest BCUT2D eigenvalue weighted by molar-refractivity contribution is -0.118. The zero-order valence-electron chi connectivity index (χ0n) is 14.0. The Balaban J connectivity index is 1.46. The van der Waals surface area contributed by atoms with E-state index in [2.05, 4.69) is 0 Å². The van der Waals surface area contributed by atoms with Crippen molar-refractivity contribution in [3.05, 3.63) is 59.7 Å². The van der Waals surface area contributed by atoms with Crippen LogP contribution in [-0.2, 0) is 11.2 Å². The molecule has 134 valence electrons. The fraction of sp³-hybridized carbons (Fsp3) is 0.263. The first-order chi connectivity index (χ1) is 12.5. The number of carbonyl (C=O) groups is 2. The van der Waals surface area contributed by atoms with Crippen molar-refractivity contribution >= 4 is 23.3 Å². The lowest BCUT2D eigenvalue weighted by Gasteiger charge is -2.22. The van der Waals surface area contributed by atoms with Gasteiger partial charge in [0.05, 0.1) is 0 Å². The first-order valence-electron chi connectivity index (χ1n) is 8.44. The molecule has 2 aromatic rings. The second-order valence-electron chi connectivity index (χ2n) is 6.38. The van der Waals surface area contributed by atoms with Gasteiger partial charge in [-0.15, -0.1) is 0 Å². The third-order valence-electron chi connectivity index (χ3n) is 4.82. The van der Waals surface area contributed by atoms with Crippen molar-refractivity contribution in [1.82, 2.24) is 4.90 Å². The molecule has 2 aromatic carbocycles. The van der Waals surface area contributed by atoms with Gasteiger partial charge in [-0.3, -0.25) is 9.69 Å². The molecule has 0 saturated carbocycles. The van der Waals surface area contributed by atoms with E-state index in [-0.39, 0.29) is 24.2 Å². The summed E-state index contributed by atoms with van der Waals surface area (Å²) in [7, 11) is 0. The number of rotatable bonds is 3. The van der Waals surface area contributed by atoms with Crippen LogP contribution in [0.2, 0.25) is 0 Å². The van der Waals surface area contributed by atoms with E-state index in [0.717, 1.165) is 29.8 Å². The largest absolute Gasteiger partial charge is 0.325 e. The highest BCUT2D eigenvalue weighted by Gasteiger charge is 2.33. The minimum Gasteiger partial charge on any atom is -0.313 e. The van der Waals surface area contributed by atoms with Crippen molar-refractivity contribution in [3.8, 4) is 0 Å². The normalized spacial score (nSPS) is 16.4. The summed E-state index contributed by atoms with van der Waals surface area (Å²) < 4.78 is 26.5. The lowest BCUT2D eigenvalue weighted by Crippen LogP contribution is -2.41. The minimum absolute atomic E-state index is 0.0344. The third-order valence-corrected chi connectivity index (χ3v) is 4.82. The second kappa shape index (κ2) is 6.40. The number of fused-ring (bicyclic) bond motifs is 1. The Kier molecular flexibility index (Phi) is 4.06. The zero-order chi connectivity index (χ0) is 18.3. The molecule has 7 heteroatoms. The molecule has 0 aliphatic carbocycles. The fourth-order valence-electron chi connectivity index (χ4n) is 3.47. The number of carbonyl (C=O) groups excluding carboxylic acids is 2. The molecule has 1 saturated heterocycles. The van der Waals surface area contributed by atoms with Crippen LogP contribution in [0.3, 0.4) is 0 Å². The van der Waals surface area contributed by atoms with Gasteiger partial charge in [0.15, 0.2) is 11.6 Å².